The predicted octanol–water partition coefficient (Wildman–Crippen LogP) is 6.53. The molecule has 13 nitrogen and oxygen atoms in total. The van der Waals surface area contributed by atoms with Crippen LogP contribution in [0.2, 0.25) is 0 Å². The monoisotopic (exact) mass is 884 g/mol. The Bertz CT molecular complexity index is 1650. The number of carbonyl (C=O) groups is 5. The molecule has 350 valence electrons. The van der Waals surface area contributed by atoms with Gasteiger partial charge in [-0.15, -0.1) is 17.2 Å². The summed E-state index contributed by atoms with van der Waals surface area (Å²) in [4.78, 5) is 59.9. The fraction of sp³-hybridized carbons (Fsp3) is 0.667. The third-order valence-corrected chi connectivity index (χ3v) is 13.9. The normalized spacial score (nSPS) is 20.3. The standard InChI is InChI=1S/C18H29N3O2.C18H36N2OS.C10H11NO2.C2H5NO/c1-4-10-19-18(23)17(22)15(12-14-7-5-8-14)20-13(2)16-9-6-11-21(16)3;1-17(2,3)15(13-20(5)22(6)7)19-16(14-21)18(4)11-9-8-10-12-18;12-10(13)11-6-5-8-3-1-2-4-9(8)7-11;1-2(3)4/h4,14-16,20H,1-2,5-12H2,3H3,(H,19,23);14-16,19H,6,8-13H2,1-5,7H3;1-4H,5-7H2,(H,12,13);1H3,(H2,3,4). The predicted molar refractivity (Wildman–Crippen MR) is 256 cm³/mol. The highest BCUT2D eigenvalue weighted by molar-refractivity contribution is 8.11. The van der Waals surface area contributed by atoms with Crippen LogP contribution in [0.3, 0.4) is 0 Å². The number of amides is 3. The number of Topliss-reactive ketones (excluding diaryl/α,β-unsaturated/α-hetero) is 1. The van der Waals surface area contributed by atoms with Crippen LogP contribution in [0.5, 0.6) is 0 Å². The lowest BCUT2D eigenvalue weighted by molar-refractivity contribution is -0.139. The molecule has 3 amide bonds. The Balaban J connectivity index is 0.000000316. The summed E-state index contributed by atoms with van der Waals surface area (Å²) in [6, 6.07) is 8.02. The molecule has 4 aliphatic rings. The molecule has 1 aromatic rings. The van der Waals surface area contributed by atoms with Crippen LogP contribution in [0.1, 0.15) is 116 Å². The first-order valence-corrected chi connectivity index (χ1v) is 24.2. The molecule has 3 fully saturated rings. The summed E-state index contributed by atoms with van der Waals surface area (Å²) in [6.45, 7) is 21.5. The number of carbonyl (C=O) groups excluding carboxylic acids is 4. The molecule has 1 aromatic carbocycles. The van der Waals surface area contributed by atoms with Crippen molar-refractivity contribution in [2.75, 3.05) is 46.5 Å². The molecule has 0 aromatic heterocycles. The molecule has 0 radical (unpaired) electrons. The topological polar surface area (TPSA) is 177 Å². The number of nitrogens with two attached hydrogens (primary N) is 1. The number of likely N-dealkylation sites (N-methyl/N-ethyl adjacent to an activating group) is 2. The van der Waals surface area contributed by atoms with E-state index in [4.69, 9.17) is 5.11 Å². The average Bonchev–Trinajstić information content (AvgIpc) is 3.64. The molecule has 5 rings (SSSR count). The number of nitrogens with one attached hydrogen (secondary N) is 3. The molecule has 5 atom stereocenters. The second-order valence-electron chi connectivity index (χ2n) is 18.9. The lowest BCUT2D eigenvalue weighted by Gasteiger charge is -2.43. The molecule has 14 heteroatoms. The van der Waals surface area contributed by atoms with Gasteiger partial charge in [0.05, 0.1) is 12.1 Å². The van der Waals surface area contributed by atoms with Gasteiger partial charge in [-0.2, -0.15) is 0 Å². The van der Waals surface area contributed by atoms with E-state index in [1.807, 2.05) is 18.2 Å². The largest absolute Gasteiger partial charge is 0.465 e. The minimum atomic E-state index is -0.825. The minimum absolute atomic E-state index is 0.00735. The molecule has 5 unspecified atom stereocenters. The Morgan fingerprint density at radius 2 is 1.66 bits per heavy atom. The SMILES string of the molecule is C=CCNC(=O)C(=O)C(CC1CCC1)NC(=C)C1CCCN1C.C=S(C)N(C)CC(NC(C=O)C1(C)CCCCC1)C(C)(C)C.CC(N)=O.O=C(O)N1CCc2ccccc2C1. The number of likely N-dealkylation sites (tertiary alicyclic amines) is 1. The zero-order valence-electron chi connectivity index (χ0n) is 39.3. The summed E-state index contributed by atoms with van der Waals surface area (Å²) < 4.78 is 2.29. The van der Waals surface area contributed by atoms with Crippen molar-refractivity contribution in [3.05, 3.63) is 60.3 Å². The van der Waals surface area contributed by atoms with Gasteiger partial charge in [0.25, 0.3) is 5.91 Å². The van der Waals surface area contributed by atoms with Crippen molar-refractivity contribution in [2.45, 2.75) is 142 Å². The summed E-state index contributed by atoms with van der Waals surface area (Å²) in [5, 5.41) is 18.4. The van der Waals surface area contributed by atoms with Crippen LogP contribution in [-0.4, -0.2) is 126 Å². The number of fused-ring (bicyclic) bond motifs is 1. The molecular weight excluding hydrogens is 803 g/mol. The van der Waals surface area contributed by atoms with Crippen LogP contribution in [0, 0.1) is 16.7 Å². The number of primary amides is 1. The van der Waals surface area contributed by atoms with Crippen LogP contribution in [0.25, 0.3) is 0 Å². The van der Waals surface area contributed by atoms with Crippen LogP contribution < -0.4 is 21.7 Å². The Kier molecular flexibility index (Phi) is 23.4. The second-order valence-corrected chi connectivity index (χ2v) is 20.7. The Hall–Kier alpha value is -3.85. The zero-order chi connectivity index (χ0) is 46.6. The molecule has 2 aliphatic heterocycles. The molecule has 2 saturated carbocycles. The van der Waals surface area contributed by atoms with Gasteiger partial charge in [-0.1, -0.05) is 109 Å². The number of nitrogens with zero attached hydrogens (tertiary/aromatic N) is 3. The van der Waals surface area contributed by atoms with Gasteiger partial charge in [-0.05, 0) is 93.3 Å². The van der Waals surface area contributed by atoms with Gasteiger partial charge in [0.1, 0.15) is 6.29 Å². The van der Waals surface area contributed by atoms with Crippen molar-refractivity contribution >= 4 is 46.5 Å². The smallest absolute Gasteiger partial charge is 0.407 e. The quantitative estimate of drug-likeness (QED) is 0.0531. The number of hydrogen-bond donors (Lipinski definition) is 5. The van der Waals surface area contributed by atoms with Crippen LogP contribution >= 0.6 is 10.7 Å². The number of carboxylic acid groups (broad SMARTS) is 1. The Morgan fingerprint density at radius 1 is 1.05 bits per heavy atom. The van der Waals surface area contributed by atoms with Gasteiger partial charge < -0.3 is 36.5 Å². The van der Waals surface area contributed by atoms with E-state index in [-0.39, 0.29) is 51.3 Å². The van der Waals surface area contributed by atoms with Crippen molar-refractivity contribution in [2.24, 2.45) is 22.5 Å². The lowest BCUT2D eigenvalue weighted by Crippen LogP contribution is -2.56. The van der Waals surface area contributed by atoms with Gasteiger partial charge in [-0.3, -0.25) is 23.6 Å². The van der Waals surface area contributed by atoms with E-state index >= 15 is 0 Å². The molecule has 2 aliphatic carbocycles. The van der Waals surface area contributed by atoms with Crippen LogP contribution in [0.4, 0.5) is 4.79 Å². The maximum absolute atomic E-state index is 12.5. The first-order chi connectivity index (χ1) is 29.1. The van der Waals surface area contributed by atoms with Crippen molar-refractivity contribution in [3.8, 4) is 0 Å². The van der Waals surface area contributed by atoms with Crippen LogP contribution in [0.15, 0.2) is 49.2 Å². The maximum Gasteiger partial charge on any atom is 0.407 e. The third kappa shape index (κ3) is 18.5. The summed E-state index contributed by atoms with van der Waals surface area (Å²) in [6.07, 6.45) is 17.4. The first kappa shape index (κ1) is 54.3. The lowest BCUT2D eigenvalue weighted by atomic mass is 9.70. The van der Waals surface area contributed by atoms with E-state index in [9.17, 15) is 24.0 Å². The summed E-state index contributed by atoms with van der Waals surface area (Å²) >= 11 is 0. The molecule has 0 spiro atoms. The fourth-order valence-corrected chi connectivity index (χ4v) is 8.69. The van der Waals surface area contributed by atoms with Gasteiger partial charge in [-0.25, -0.2) is 4.79 Å². The Morgan fingerprint density at radius 3 is 2.15 bits per heavy atom. The number of aldehydes is 1. The maximum atomic E-state index is 12.5. The number of hydrogen-bond acceptors (Lipinski definition) is 9. The molecule has 0 bridgehead atoms. The van der Waals surface area contributed by atoms with E-state index in [2.05, 4.69) is 104 Å². The highest BCUT2D eigenvalue weighted by atomic mass is 32.2. The van der Waals surface area contributed by atoms with Gasteiger partial charge in [0.2, 0.25) is 11.7 Å². The number of benzene rings is 1. The minimum Gasteiger partial charge on any atom is -0.465 e. The molecule has 62 heavy (non-hydrogen) atoms. The summed E-state index contributed by atoms with van der Waals surface area (Å²) in [7, 11) is 4.20. The van der Waals surface area contributed by atoms with Gasteiger partial charge >= 0.3 is 6.09 Å². The average molecular weight is 884 g/mol. The zero-order valence-corrected chi connectivity index (χ0v) is 40.1. The molecule has 2 heterocycles. The van der Waals surface area contributed by atoms with E-state index in [1.54, 1.807) is 6.08 Å². The van der Waals surface area contributed by atoms with E-state index < -0.39 is 18.0 Å². The second kappa shape index (κ2) is 26.7. The number of ketones is 1. The molecule has 6 N–H and O–H groups in total. The third-order valence-electron chi connectivity index (χ3n) is 12.7. The summed E-state index contributed by atoms with van der Waals surface area (Å²) in [5.74, 6) is 3.42. The fourth-order valence-electron chi connectivity index (χ4n) is 8.29. The van der Waals surface area contributed by atoms with Crippen molar-refractivity contribution in [3.63, 3.8) is 0 Å². The molecular formula is C48H81N7O6S. The number of rotatable bonds is 16. The first-order valence-electron chi connectivity index (χ1n) is 22.4. The van der Waals surface area contributed by atoms with E-state index in [0.29, 0.717) is 25.6 Å². The van der Waals surface area contributed by atoms with Gasteiger partial charge in [0, 0.05) is 50.9 Å². The van der Waals surface area contributed by atoms with Crippen molar-refractivity contribution in [1.82, 2.24) is 30.1 Å². The van der Waals surface area contributed by atoms with E-state index in [1.165, 1.54) is 43.1 Å². The summed E-state index contributed by atoms with van der Waals surface area (Å²) in [5.41, 5.74) is 7.97. The highest BCUT2D eigenvalue weighted by Crippen LogP contribution is 2.39. The molecule has 1 saturated heterocycles. The van der Waals surface area contributed by atoms with Crippen molar-refractivity contribution < 1.29 is 29.1 Å². The highest BCUT2D eigenvalue weighted by Gasteiger charge is 2.39. The Labute approximate surface area is 376 Å². The van der Waals surface area contributed by atoms with Gasteiger partial charge in [0.15, 0.2) is 0 Å². The van der Waals surface area contributed by atoms with E-state index in [0.717, 1.165) is 82.0 Å². The van der Waals surface area contributed by atoms with Crippen LogP contribution in [-0.2, 0) is 32.1 Å². The van der Waals surface area contributed by atoms with Crippen molar-refractivity contribution in [1.29, 1.82) is 0 Å².